The Bertz CT molecular complexity index is 920. The molecule has 2 aromatic carbocycles. The molecule has 1 aliphatic rings. The number of rotatable bonds is 3. The zero-order valence-corrected chi connectivity index (χ0v) is 15.4. The number of phenols is 1. The molecule has 0 bridgehead atoms. The SMILES string of the molecule is [CH2]c1cc(-c2sc(-c3ccc(N4CCCC4)cc3)nc2C)cc(F)c1O. The number of thiazole rings is 1. The van der Waals surface area contributed by atoms with E-state index >= 15 is 0 Å². The first-order chi connectivity index (χ1) is 12.5. The predicted octanol–water partition coefficient (Wildman–Crippen LogP) is 5.41. The fourth-order valence-corrected chi connectivity index (χ4v) is 4.42. The van der Waals surface area contributed by atoms with Gasteiger partial charge in [-0.15, -0.1) is 11.3 Å². The normalized spacial score (nSPS) is 14.2. The summed E-state index contributed by atoms with van der Waals surface area (Å²) < 4.78 is 13.9. The van der Waals surface area contributed by atoms with Crippen molar-refractivity contribution in [2.45, 2.75) is 19.8 Å². The van der Waals surface area contributed by atoms with E-state index in [1.807, 2.05) is 6.92 Å². The van der Waals surface area contributed by atoms with Crippen LogP contribution in [-0.4, -0.2) is 23.2 Å². The van der Waals surface area contributed by atoms with Crippen LogP contribution >= 0.6 is 11.3 Å². The van der Waals surface area contributed by atoms with E-state index in [9.17, 15) is 9.50 Å². The third kappa shape index (κ3) is 3.07. The van der Waals surface area contributed by atoms with Crippen molar-refractivity contribution in [3.63, 3.8) is 0 Å². The summed E-state index contributed by atoms with van der Waals surface area (Å²) in [6, 6.07) is 11.5. The molecular weight excluding hydrogens is 347 g/mol. The molecule has 1 N–H and O–H groups in total. The Kier molecular flexibility index (Phi) is 4.41. The highest BCUT2D eigenvalue weighted by molar-refractivity contribution is 7.18. The first-order valence-electron chi connectivity index (χ1n) is 8.70. The van der Waals surface area contributed by atoms with E-state index in [1.165, 1.54) is 35.9 Å². The molecule has 2 heterocycles. The molecule has 133 valence electrons. The number of hydrogen-bond acceptors (Lipinski definition) is 4. The minimum Gasteiger partial charge on any atom is -0.505 e. The van der Waals surface area contributed by atoms with Crippen molar-refractivity contribution in [1.82, 2.24) is 4.98 Å². The smallest absolute Gasteiger partial charge is 0.165 e. The van der Waals surface area contributed by atoms with E-state index in [0.29, 0.717) is 5.56 Å². The van der Waals surface area contributed by atoms with E-state index in [4.69, 9.17) is 0 Å². The van der Waals surface area contributed by atoms with Gasteiger partial charge in [-0.05, 0) is 74.2 Å². The number of halogens is 1. The molecule has 1 fully saturated rings. The highest BCUT2D eigenvalue weighted by atomic mass is 32.1. The maximum Gasteiger partial charge on any atom is 0.165 e. The van der Waals surface area contributed by atoms with Gasteiger partial charge in [-0.1, -0.05) is 0 Å². The third-order valence-electron chi connectivity index (χ3n) is 4.79. The van der Waals surface area contributed by atoms with Crippen LogP contribution in [0, 0.1) is 19.7 Å². The molecule has 0 atom stereocenters. The molecule has 26 heavy (non-hydrogen) atoms. The molecule has 1 aromatic heterocycles. The van der Waals surface area contributed by atoms with Crippen molar-refractivity contribution < 1.29 is 9.50 Å². The second-order valence-corrected chi connectivity index (χ2v) is 7.64. The summed E-state index contributed by atoms with van der Waals surface area (Å²) in [4.78, 5) is 7.96. The van der Waals surface area contributed by atoms with Gasteiger partial charge in [0.05, 0.1) is 10.6 Å². The summed E-state index contributed by atoms with van der Waals surface area (Å²) >= 11 is 1.53. The fourth-order valence-electron chi connectivity index (χ4n) is 3.36. The van der Waals surface area contributed by atoms with Crippen molar-refractivity contribution in [3.8, 4) is 26.8 Å². The standard InChI is InChI=1S/C21H20FN2OS/c1-13-11-16(12-18(22)19(13)25)20-14(2)23-21(26-20)15-5-7-17(8-6-15)24-9-3-4-10-24/h5-8,11-12,25H,1,3-4,9-10H2,2H3. The first-order valence-corrected chi connectivity index (χ1v) is 9.52. The largest absolute Gasteiger partial charge is 0.505 e. The molecule has 0 amide bonds. The summed E-state index contributed by atoms with van der Waals surface area (Å²) in [6.07, 6.45) is 2.52. The Hall–Kier alpha value is -2.40. The number of aryl methyl sites for hydroxylation is 1. The number of anilines is 1. The highest BCUT2D eigenvalue weighted by Crippen LogP contribution is 2.38. The number of phenolic OH excluding ortho intramolecular Hbond substituents is 1. The van der Waals surface area contributed by atoms with Crippen LogP contribution in [0.15, 0.2) is 36.4 Å². The van der Waals surface area contributed by atoms with Crippen molar-refractivity contribution in [2.24, 2.45) is 0 Å². The van der Waals surface area contributed by atoms with Gasteiger partial charge in [-0.3, -0.25) is 0 Å². The highest BCUT2D eigenvalue weighted by Gasteiger charge is 2.16. The summed E-state index contributed by atoms with van der Waals surface area (Å²) in [7, 11) is 0. The Morgan fingerprint density at radius 2 is 1.81 bits per heavy atom. The molecule has 0 unspecified atom stereocenters. The molecular formula is C21H20FN2OS. The molecule has 3 aromatic rings. The Morgan fingerprint density at radius 1 is 1.12 bits per heavy atom. The van der Waals surface area contributed by atoms with E-state index in [2.05, 4.69) is 41.1 Å². The van der Waals surface area contributed by atoms with E-state index in [1.54, 1.807) is 6.07 Å². The van der Waals surface area contributed by atoms with Gasteiger partial charge in [0.15, 0.2) is 11.6 Å². The number of nitrogens with zero attached hydrogens (tertiary/aromatic N) is 2. The molecule has 1 radical (unpaired) electrons. The monoisotopic (exact) mass is 367 g/mol. The quantitative estimate of drug-likeness (QED) is 0.672. The van der Waals surface area contributed by atoms with E-state index < -0.39 is 11.6 Å². The van der Waals surface area contributed by atoms with Gasteiger partial charge >= 0.3 is 0 Å². The summed E-state index contributed by atoms with van der Waals surface area (Å²) in [6.45, 7) is 7.87. The van der Waals surface area contributed by atoms with Crippen LogP contribution in [0.25, 0.3) is 21.0 Å². The average molecular weight is 367 g/mol. The number of hydrogen-bond donors (Lipinski definition) is 1. The second-order valence-electron chi connectivity index (χ2n) is 6.64. The number of aromatic hydroxyl groups is 1. The summed E-state index contributed by atoms with van der Waals surface area (Å²) in [5.41, 5.74) is 4.13. The van der Waals surface area contributed by atoms with Crippen LogP contribution in [0.2, 0.25) is 0 Å². The second kappa shape index (κ2) is 6.72. The van der Waals surface area contributed by atoms with Gasteiger partial charge in [-0.25, -0.2) is 9.37 Å². The maximum atomic E-state index is 13.9. The van der Waals surface area contributed by atoms with Gasteiger partial charge in [-0.2, -0.15) is 0 Å². The molecule has 1 saturated heterocycles. The molecule has 5 heteroatoms. The van der Waals surface area contributed by atoms with Crippen molar-refractivity contribution >= 4 is 17.0 Å². The van der Waals surface area contributed by atoms with Crippen molar-refractivity contribution in [1.29, 1.82) is 0 Å². The van der Waals surface area contributed by atoms with Crippen LogP contribution in [-0.2, 0) is 0 Å². The molecule has 3 nitrogen and oxygen atoms in total. The third-order valence-corrected chi connectivity index (χ3v) is 6.04. The average Bonchev–Trinajstić information content (AvgIpc) is 3.29. The number of benzene rings is 2. The van der Waals surface area contributed by atoms with Gasteiger partial charge in [0, 0.05) is 24.3 Å². The summed E-state index contributed by atoms with van der Waals surface area (Å²) in [5.74, 6) is -1.05. The lowest BCUT2D eigenvalue weighted by Crippen LogP contribution is -2.17. The zero-order valence-electron chi connectivity index (χ0n) is 14.6. The minimum atomic E-state index is -0.656. The van der Waals surface area contributed by atoms with Gasteiger partial charge in [0.25, 0.3) is 0 Å². The number of aromatic nitrogens is 1. The lowest BCUT2D eigenvalue weighted by atomic mass is 10.1. The van der Waals surface area contributed by atoms with Crippen molar-refractivity contribution in [2.75, 3.05) is 18.0 Å². The fraction of sp³-hybridized carbons (Fsp3) is 0.238. The lowest BCUT2D eigenvalue weighted by molar-refractivity contribution is 0.430. The maximum absolute atomic E-state index is 13.9. The van der Waals surface area contributed by atoms with Gasteiger partial charge in [0.2, 0.25) is 0 Å². The minimum absolute atomic E-state index is 0.282. The van der Waals surface area contributed by atoms with Crippen LogP contribution in [0.5, 0.6) is 5.75 Å². The van der Waals surface area contributed by atoms with Crippen LogP contribution in [0.1, 0.15) is 24.1 Å². The molecule has 0 aliphatic carbocycles. The summed E-state index contributed by atoms with van der Waals surface area (Å²) in [5, 5.41) is 10.5. The molecule has 4 rings (SSSR count). The molecule has 0 spiro atoms. The molecule has 0 saturated carbocycles. The Morgan fingerprint density at radius 3 is 2.46 bits per heavy atom. The Labute approximate surface area is 156 Å². The van der Waals surface area contributed by atoms with Crippen LogP contribution in [0.3, 0.4) is 0 Å². The van der Waals surface area contributed by atoms with Crippen LogP contribution < -0.4 is 4.90 Å². The Balaban J connectivity index is 1.66. The van der Waals surface area contributed by atoms with E-state index in [0.717, 1.165) is 34.2 Å². The topological polar surface area (TPSA) is 36.4 Å². The van der Waals surface area contributed by atoms with Crippen LogP contribution in [0.4, 0.5) is 10.1 Å². The lowest BCUT2D eigenvalue weighted by Gasteiger charge is -2.17. The van der Waals surface area contributed by atoms with Gasteiger partial charge in [0.1, 0.15) is 5.01 Å². The van der Waals surface area contributed by atoms with Crippen molar-refractivity contribution in [3.05, 3.63) is 60.4 Å². The first kappa shape index (κ1) is 17.0. The molecule has 1 aliphatic heterocycles. The zero-order chi connectivity index (χ0) is 18.3. The van der Waals surface area contributed by atoms with E-state index in [-0.39, 0.29) is 5.56 Å². The predicted molar refractivity (Wildman–Crippen MR) is 105 cm³/mol. The van der Waals surface area contributed by atoms with Gasteiger partial charge < -0.3 is 10.0 Å².